The van der Waals surface area contributed by atoms with Crippen molar-refractivity contribution in [2.24, 2.45) is 0 Å². The number of piperazine rings is 1. The van der Waals surface area contributed by atoms with Crippen LogP contribution in [0.25, 0.3) is 0 Å². The van der Waals surface area contributed by atoms with E-state index in [1.165, 1.54) is 12.5 Å². The summed E-state index contributed by atoms with van der Waals surface area (Å²) in [6, 6.07) is 15.0. The number of rotatable bonds is 9. The number of nitrogens with one attached hydrogen (secondary N) is 3. The number of halogens is 1. The maximum absolute atomic E-state index is 11.9. The number of nitrogens with zero attached hydrogens (tertiary/aromatic N) is 4. The molecule has 0 radical (unpaired) electrons. The van der Waals surface area contributed by atoms with Crippen molar-refractivity contribution in [3.8, 4) is 5.75 Å². The van der Waals surface area contributed by atoms with Crippen LogP contribution >= 0.6 is 11.6 Å². The smallest absolute Gasteiger partial charge is 0.229 e. The summed E-state index contributed by atoms with van der Waals surface area (Å²) in [6.07, 6.45) is 4.99. The molecule has 0 spiro atoms. The number of hydrogen-bond donors (Lipinski definition) is 3. The minimum atomic E-state index is -3.22. The van der Waals surface area contributed by atoms with Gasteiger partial charge < -0.3 is 25.6 Å². The molecule has 3 aromatic rings. The highest BCUT2D eigenvalue weighted by Crippen LogP contribution is 2.34. The lowest BCUT2D eigenvalue weighted by Gasteiger charge is -2.44. The van der Waals surface area contributed by atoms with E-state index >= 15 is 0 Å². The van der Waals surface area contributed by atoms with Gasteiger partial charge in [-0.3, -0.25) is 4.90 Å². The van der Waals surface area contributed by atoms with Gasteiger partial charge in [-0.25, -0.2) is 13.4 Å². The molecule has 3 heterocycles. The largest absolute Gasteiger partial charge is 0.494 e. The second-order valence-corrected chi connectivity index (χ2v) is 13.9. The fourth-order valence-corrected chi connectivity index (χ4v) is 6.90. The Hall–Kier alpha value is -3.12. The fourth-order valence-electron chi connectivity index (χ4n) is 5.95. The van der Waals surface area contributed by atoms with Crippen LogP contribution in [0.15, 0.2) is 48.7 Å². The minimum absolute atomic E-state index is 0.0979. The van der Waals surface area contributed by atoms with E-state index in [4.69, 9.17) is 16.3 Å². The molecule has 0 amide bonds. The first-order valence-corrected chi connectivity index (χ1v) is 16.8. The molecular formula is C30H40ClN7O3S. The van der Waals surface area contributed by atoms with E-state index in [0.717, 1.165) is 50.4 Å². The third kappa shape index (κ3) is 7.63. The van der Waals surface area contributed by atoms with Crippen LogP contribution in [0.4, 0.5) is 28.8 Å². The normalized spacial score (nSPS) is 20.4. The SMILES string of the molecule is COc1cc(N2CCC(N3C[C@@H](C)N[C@@H](C)C3)CC2)ccc1Nc1ncc(Cl)c(Nc2ccccc2CS(C)(=O)=O)n1. The van der Waals surface area contributed by atoms with Crippen LogP contribution in [0.5, 0.6) is 5.75 Å². The van der Waals surface area contributed by atoms with E-state index < -0.39 is 9.84 Å². The predicted molar refractivity (Wildman–Crippen MR) is 170 cm³/mol. The van der Waals surface area contributed by atoms with E-state index in [9.17, 15) is 8.42 Å². The molecule has 0 aliphatic carbocycles. The number of hydrogen-bond acceptors (Lipinski definition) is 10. The molecule has 10 nitrogen and oxygen atoms in total. The molecule has 12 heteroatoms. The minimum Gasteiger partial charge on any atom is -0.494 e. The summed E-state index contributed by atoms with van der Waals surface area (Å²) in [6.45, 7) is 8.77. The van der Waals surface area contributed by atoms with Crippen molar-refractivity contribution < 1.29 is 13.2 Å². The maximum Gasteiger partial charge on any atom is 0.229 e. The Labute approximate surface area is 253 Å². The zero-order valence-corrected chi connectivity index (χ0v) is 26.2. The Morgan fingerprint density at radius 2 is 1.76 bits per heavy atom. The van der Waals surface area contributed by atoms with Gasteiger partial charge >= 0.3 is 0 Å². The average molecular weight is 614 g/mol. The predicted octanol–water partition coefficient (Wildman–Crippen LogP) is 4.82. The lowest BCUT2D eigenvalue weighted by Crippen LogP contribution is -2.58. The summed E-state index contributed by atoms with van der Waals surface area (Å²) < 4.78 is 29.6. The van der Waals surface area contributed by atoms with Crippen LogP contribution in [0, 0.1) is 0 Å². The van der Waals surface area contributed by atoms with Crippen LogP contribution in [0.3, 0.4) is 0 Å². The van der Waals surface area contributed by atoms with E-state index in [1.54, 1.807) is 25.3 Å². The number of sulfone groups is 1. The molecule has 1 aromatic heterocycles. The van der Waals surface area contributed by atoms with E-state index in [0.29, 0.717) is 51.9 Å². The first kappa shape index (κ1) is 30.3. The molecule has 3 N–H and O–H groups in total. The Bertz CT molecular complexity index is 1490. The molecule has 2 aliphatic rings. The topological polar surface area (TPSA) is 112 Å². The van der Waals surface area contributed by atoms with Crippen molar-refractivity contribution in [1.82, 2.24) is 20.2 Å². The lowest BCUT2D eigenvalue weighted by molar-refractivity contribution is 0.107. The molecule has 2 saturated heterocycles. The molecule has 5 rings (SSSR count). The van der Waals surface area contributed by atoms with Gasteiger partial charge in [-0.05, 0) is 50.5 Å². The van der Waals surface area contributed by atoms with Crippen LogP contribution < -0.4 is 25.6 Å². The molecular weight excluding hydrogens is 574 g/mol. The molecule has 2 atom stereocenters. The van der Waals surface area contributed by atoms with Gasteiger partial charge in [-0.15, -0.1) is 0 Å². The molecule has 226 valence electrons. The number of anilines is 5. The second kappa shape index (κ2) is 13.0. The van der Waals surface area contributed by atoms with Crippen molar-refractivity contribution >= 4 is 50.3 Å². The first-order valence-electron chi connectivity index (χ1n) is 14.3. The molecule has 0 saturated carbocycles. The van der Waals surface area contributed by atoms with Gasteiger partial charge in [-0.1, -0.05) is 29.8 Å². The Kier molecular flexibility index (Phi) is 9.41. The standard InChI is InChI=1S/C30H40ClN7O3S/c1-20-17-38(18-21(2)33-20)23-11-13-37(14-12-23)24-9-10-27(28(15-24)41-3)35-30-32-16-25(31)29(36-30)34-26-8-6-5-7-22(26)19-42(4,39)40/h5-10,15-16,20-21,23,33H,11-14,17-19H2,1-4H3,(H2,32,34,35,36)/t20-,21+. The molecule has 2 aromatic carbocycles. The third-order valence-corrected chi connectivity index (χ3v) is 8.91. The van der Waals surface area contributed by atoms with Crippen molar-refractivity contribution in [3.63, 3.8) is 0 Å². The average Bonchev–Trinajstić information content (AvgIpc) is 2.95. The third-order valence-electron chi connectivity index (χ3n) is 7.80. The number of benzene rings is 2. The van der Waals surface area contributed by atoms with Crippen molar-refractivity contribution in [3.05, 3.63) is 59.2 Å². The van der Waals surface area contributed by atoms with Crippen molar-refractivity contribution in [2.45, 2.75) is 50.6 Å². The molecule has 0 unspecified atom stereocenters. The monoisotopic (exact) mass is 613 g/mol. The zero-order chi connectivity index (χ0) is 29.9. The molecule has 0 bridgehead atoms. The summed E-state index contributed by atoms with van der Waals surface area (Å²) in [5.41, 5.74) is 3.09. The van der Waals surface area contributed by atoms with Gasteiger partial charge in [-0.2, -0.15) is 4.98 Å². The Balaban J connectivity index is 1.26. The van der Waals surface area contributed by atoms with E-state index in [2.05, 4.69) is 55.6 Å². The van der Waals surface area contributed by atoms with Gasteiger partial charge in [0.05, 0.1) is 24.7 Å². The number of aromatic nitrogens is 2. The van der Waals surface area contributed by atoms with Crippen LogP contribution in [-0.4, -0.2) is 81.0 Å². The van der Waals surface area contributed by atoms with Crippen molar-refractivity contribution in [2.75, 3.05) is 55.1 Å². The Morgan fingerprint density at radius 3 is 2.45 bits per heavy atom. The second-order valence-electron chi connectivity index (χ2n) is 11.4. The first-order chi connectivity index (χ1) is 20.1. The number of piperidine rings is 1. The molecule has 2 aliphatic heterocycles. The van der Waals surface area contributed by atoms with Crippen molar-refractivity contribution in [1.29, 1.82) is 0 Å². The van der Waals surface area contributed by atoms with Gasteiger partial charge in [0, 0.05) is 68.0 Å². The number of methoxy groups -OCH3 is 1. The van der Waals surface area contributed by atoms with Crippen LogP contribution in [-0.2, 0) is 15.6 Å². The van der Waals surface area contributed by atoms with Gasteiger partial charge in [0.25, 0.3) is 0 Å². The molecule has 42 heavy (non-hydrogen) atoms. The quantitative estimate of drug-likeness (QED) is 0.310. The number of ether oxygens (including phenoxy) is 1. The summed E-state index contributed by atoms with van der Waals surface area (Å²) in [5, 5.41) is 10.4. The van der Waals surface area contributed by atoms with Gasteiger partial charge in [0.1, 0.15) is 10.8 Å². The lowest BCUT2D eigenvalue weighted by atomic mass is 9.99. The number of para-hydroxylation sites is 1. The Morgan fingerprint density at radius 1 is 1.05 bits per heavy atom. The highest BCUT2D eigenvalue weighted by molar-refractivity contribution is 7.89. The summed E-state index contributed by atoms with van der Waals surface area (Å²) in [5.74, 6) is 1.28. The van der Waals surface area contributed by atoms with Gasteiger partial charge in [0.2, 0.25) is 5.95 Å². The highest BCUT2D eigenvalue weighted by atomic mass is 35.5. The van der Waals surface area contributed by atoms with Crippen LogP contribution in [0.1, 0.15) is 32.3 Å². The molecule has 2 fully saturated rings. The summed E-state index contributed by atoms with van der Waals surface area (Å²) in [4.78, 5) is 14.0. The van der Waals surface area contributed by atoms with Crippen LogP contribution in [0.2, 0.25) is 5.02 Å². The van der Waals surface area contributed by atoms with E-state index in [1.807, 2.05) is 18.2 Å². The summed E-state index contributed by atoms with van der Waals surface area (Å²) >= 11 is 6.40. The van der Waals surface area contributed by atoms with E-state index in [-0.39, 0.29) is 5.75 Å². The summed E-state index contributed by atoms with van der Waals surface area (Å²) in [7, 11) is -1.57. The highest BCUT2D eigenvalue weighted by Gasteiger charge is 2.30. The fraction of sp³-hybridized carbons (Fsp3) is 0.467. The zero-order valence-electron chi connectivity index (χ0n) is 24.6. The maximum atomic E-state index is 11.9. The van der Waals surface area contributed by atoms with Gasteiger partial charge in [0.15, 0.2) is 15.7 Å².